The van der Waals surface area contributed by atoms with Gasteiger partial charge >= 0.3 is 0 Å². The van der Waals surface area contributed by atoms with Crippen molar-refractivity contribution in [2.45, 2.75) is 0 Å². The number of para-hydroxylation sites is 1. The van der Waals surface area contributed by atoms with Gasteiger partial charge in [0.15, 0.2) is 0 Å². The summed E-state index contributed by atoms with van der Waals surface area (Å²) in [5, 5.41) is 3.92. The first kappa shape index (κ1) is 11.9. The van der Waals surface area contributed by atoms with E-state index in [2.05, 4.69) is 10.5 Å². The molecule has 0 atom stereocenters. The lowest BCUT2D eigenvalue weighted by atomic mass is 10.2. The van der Waals surface area contributed by atoms with Crippen molar-refractivity contribution in [1.29, 1.82) is 0 Å². The first-order valence-electron chi connectivity index (χ1n) is 5.23. The highest BCUT2D eigenvalue weighted by Gasteiger charge is 2.17. The molecule has 17 heavy (non-hydrogen) atoms. The van der Waals surface area contributed by atoms with Crippen molar-refractivity contribution < 1.29 is 9.53 Å². The van der Waals surface area contributed by atoms with E-state index in [0.29, 0.717) is 29.5 Å². The molecule has 1 aliphatic rings. The number of ether oxygens (including phenoxy) is 1. The molecule has 6 heteroatoms. The second-order valence-electron chi connectivity index (χ2n) is 3.39. The van der Waals surface area contributed by atoms with Crippen molar-refractivity contribution in [2.75, 3.05) is 18.1 Å². The SMILES string of the molecule is NCCSCC1=NNC(=O)c2ccccc2O1. The molecule has 0 radical (unpaired) electrons. The molecule has 90 valence electrons. The monoisotopic (exact) mass is 251 g/mol. The summed E-state index contributed by atoms with van der Waals surface area (Å²) in [6.07, 6.45) is 0. The van der Waals surface area contributed by atoms with Crippen molar-refractivity contribution in [3.63, 3.8) is 0 Å². The highest BCUT2D eigenvalue weighted by Crippen LogP contribution is 2.20. The molecule has 1 aromatic rings. The number of rotatable bonds is 4. The average molecular weight is 251 g/mol. The van der Waals surface area contributed by atoms with Crippen LogP contribution in [0.2, 0.25) is 0 Å². The second kappa shape index (κ2) is 5.70. The molecule has 0 saturated heterocycles. The van der Waals surface area contributed by atoms with Crippen molar-refractivity contribution in [2.24, 2.45) is 10.8 Å². The van der Waals surface area contributed by atoms with E-state index in [9.17, 15) is 4.79 Å². The summed E-state index contributed by atoms with van der Waals surface area (Å²) in [5.74, 6) is 2.19. The van der Waals surface area contributed by atoms with Crippen molar-refractivity contribution in [3.05, 3.63) is 29.8 Å². The van der Waals surface area contributed by atoms with Gasteiger partial charge in [-0.25, -0.2) is 5.43 Å². The van der Waals surface area contributed by atoms with E-state index in [4.69, 9.17) is 10.5 Å². The Morgan fingerprint density at radius 2 is 2.24 bits per heavy atom. The molecule has 0 spiro atoms. The fraction of sp³-hybridized carbons (Fsp3) is 0.273. The molecule has 2 rings (SSSR count). The number of fused-ring (bicyclic) bond motifs is 1. The summed E-state index contributed by atoms with van der Waals surface area (Å²) >= 11 is 1.61. The Balaban J connectivity index is 2.11. The van der Waals surface area contributed by atoms with E-state index < -0.39 is 0 Å². The second-order valence-corrected chi connectivity index (χ2v) is 4.49. The summed E-state index contributed by atoms with van der Waals surface area (Å²) < 4.78 is 5.58. The summed E-state index contributed by atoms with van der Waals surface area (Å²) in [6.45, 7) is 0.612. The third-order valence-electron chi connectivity index (χ3n) is 2.13. The van der Waals surface area contributed by atoms with Gasteiger partial charge in [0.1, 0.15) is 5.75 Å². The maximum absolute atomic E-state index is 11.7. The third-order valence-corrected chi connectivity index (χ3v) is 3.10. The predicted molar refractivity (Wildman–Crippen MR) is 68.4 cm³/mol. The van der Waals surface area contributed by atoms with Crippen LogP contribution in [-0.2, 0) is 0 Å². The standard InChI is InChI=1S/C11H13N3O2S/c12-5-6-17-7-10-13-14-11(15)8-3-1-2-4-9(8)16-10/h1-4H,5-7,12H2,(H,14,15). The van der Waals surface area contributed by atoms with E-state index in [-0.39, 0.29) is 5.91 Å². The molecule has 1 aromatic carbocycles. The number of carbonyl (C=O) groups excluding carboxylic acids is 1. The van der Waals surface area contributed by atoms with Crippen LogP contribution in [0.1, 0.15) is 10.4 Å². The molecular weight excluding hydrogens is 238 g/mol. The van der Waals surface area contributed by atoms with E-state index in [0.717, 1.165) is 5.75 Å². The van der Waals surface area contributed by atoms with Gasteiger partial charge in [-0.2, -0.15) is 11.8 Å². The Morgan fingerprint density at radius 1 is 1.41 bits per heavy atom. The zero-order chi connectivity index (χ0) is 12.1. The quantitative estimate of drug-likeness (QED) is 0.776. The molecular formula is C11H13N3O2S. The highest BCUT2D eigenvalue weighted by molar-refractivity contribution is 7.99. The zero-order valence-corrected chi connectivity index (χ0v) is 10.00. The maximum Gasteiger partial charge on any atom is 0.275 e. The van der Waals surface area contributed by atoms with Crippen molar-refractivity contribution in [3.8, 4) is 5.75 Å². The molecule has 1 aliphatic heterocycles. The Kier molecular flexibility index (Phi) is 4.00. The molecule has 0 aromatic heterocycles. The van der Waals surface area contributed by atoms with E-state index >= 15 is 0 Å². The predicted octanol–water partition coefficient (Wildman–Crippen LogP) is 0.814. The van der Waals surface area contributed by atoms with Gasteiger partial charge in [-0.15, -0.1) is 5.10 Å². The van der Waals surface area contributed by atoms with Gasteiger partial charge in [-0.3, -0.25) is 4.79 Å². The molecule has 0 bridgehead atoms. The van der Waals surface area contributed by atoms with E-state index in [1.807, 2.05) is 6.07 Å². The molecule has 0 saturated carbocycles. The van der Waals surface area contributed by atoms with Crippen LogP contribution in [0.5, 0.6) is 5.75 Å². The molecule has 1 heterocycles. The Bertz CT molecular complexity index is 448. The van der Waals surface area contributed by atoms with Gasteiger partial charge in [0.25, 0.3) is 5.91 Å². The molecule has 0 fully saturated rings. The average Bonchev–Trinajstić information content (AvgIpc) is 2.50. The van der Waals surface area contributed by atoms with Crippen LogP contribution in [0.25, 0.3) is 0 Å². The molecule has 0 unspecified atom stereocenters. The van der Waals surface area contributed by atoms with Gasteiger partial charge < -0.3 is 10.5 Å². The number of thioether (sulfide) groups is 1. The number of hydrogen-bond acceptors (Lipinski definition) is 5. The topological polar surface area (TPSA) is 76.7 Å². The lowest BCUT2D eigenvalue weighted by molar-refractivity contribution is 0.0955. The summed E-state index contributed by atoms with van der Waals surface area (Å²) in [6, 6.07) is 7.07. The number of amides is 1. The normalized spacial score (nSPS) is 14.2. The van der Waals surface area contributed by atoms with Crippen LogP contribution < -0.4 is 15.9 Å². The zero-order valence-electron chi connectivity index (χ0n) is 9.18. The number of hydrazone groups is 1. The minimum Gasteiger partial charge on any atom is -0.440 e. The van der Waals surface area contributed by atoms with Gasteiger partial charge in [0.2, 0.25) is 5.90 Å². The summed E-state index contributed by atoms with van der Waals surface area (Å²) in [5.41, 5.74) is 8.35. The highest BCUT2D eigenvalue weighted by atomic mass is 32.2. The van der Waals surface area contributed by atoms with Crippen LogP contribution in [0.3, 0.4) is 0 Å². The lowest BCUT2D eigenvalue weighted by Gasteiger charge is -2.06. The third kappa shape index (κ3) is 2.98. The Hall–Kier alpha value is -1.53. The van der Waals surface area contributed by atoms with E-state index in [1.54, 1.807) is 30.0 Å². The fourth-order valence-electron chi connectivity index (χ4n) is 1.37. The number of nitrogens with one attached hydrogen (secondary N) is 1. The first-order chi connectivity index (χ1) is 8.31. The first-order valence-corrected chi connectivity index (χ1v) is 6.38. The maximum atomic E-state index is 11.7. The molecule has 1 amide bonds. The number of nitrogens with two attached hydrogens (primary N) is 1. The minimum atomic E-state index is -0.251. The van der Waals surface area contributed by atoms with Gasteiger partial charge in [0.05, 0.1) is 11.3 Å². The van der Waals surface area contributed by atoms with Crippen molar-refractivity contribution >= 4 is 23.6 Å². The van der Waals surface area contributed by atoms with Crippen LogP contribution in [0.15, 0.2) is 29.4 Å². The van der Waals surface area contributed by atoms with Crippen molar-refractivity contribution in [1.82, 2.24) is 5.43 Å². The van der Waals surface area contributed by atoms with Crippen LogP contribution >= 0.6 is 11.8 Å². The van der Waals surface area contributed by atoms with Gasteiger partial charge in [0, 0.05) is 12.3 Å². The Labute approximate surface area is 103 Å². The lowest BCUT2D eigenvalue weighted by Crippen LogP contribution is -2.18. The van der Waals surface area contributed by atoms with Crippen LogP contribution in [0, 0.1) is 0 Å². The summed E-state index contributed by atoms with van der Waals surface area (Å²) in [7, 11) is 0. The number of benzene rings is 1. The largest absolute Gasteiger partial charge is 0.440 e. The van der Waals surface area contributed by atoms with Gasteiger partial charge in [-0.05, 0) is 12.1 Å². The minimum absolute atomic E-state index is 0.251. The number of nitrogens with zero attached hydrogens (tertiary/aromatic N) is 1. The number of carbonyl (C=O) groups is 1. The Morgan fingerprint density at radius 3 is 3.06 bits per heavy atom. The van der Waals surface area contributed by atoms with Crippen LogP contribution in [-0.4, -0.2) is 29.9 Å². The summed E-state index contributed by atoms with van der Waals surface area (Å²) in [4.78, 5) is 11.7. The van der Waals surface area contributed by atoms with Gasteiger partial charge in [-0.1, -0.05) is 12.1 Å². The number of hydrogen-bond donors (Lipinski definition) is 2. The van der Waals surface area contributed by atoms with Crippen LogP contribution in [0.4, 0.5) is 0 Å². The smallest absolute Gasteiger partial charge is 0.275 e. The van der Waals surface area contributed by atoms with E-state index in [1.165, 1.54) is 0 Å². The fourth-order valence-corrected chi connectivity index (χ4v) is 1.98. The molecule has 3 N–H and O–H groups in total. The molecule has 5 nitrogen and oxygen atoms in total. The molecule has 0 aliphatic carbocycles.